The van der Waals surface area contributed by atoms with Gasteiger partial charge in [-0.2, -0.15) is 4.31 Å². The molecule has 0 saturated heterocycles. The molecular weight excluding hydrogens is 606 g/mol. The molecule has 0 radical (unpaired) electrons. The molecule has 3 atom stereocenters. The van der Waals surface area contributed by atoms with Crippen molar-refractivity contribution < 1.29 is 32.6 Å². The first-order chi connectivity index (χ1) is 21.8. The Morgan fingerprint density at radius 1 is 0.848 bits per heavy atom. The van der Waals surface area contributed by atoms with Crippen LogP contribution in [0, 0.1) is 0 Å². The van der Waals surface area contributed by atoms with Gasteiger partial charge in [0.25, 0.3) is 0 Å². The lowest BCUT2D eigenvalue weighted by Gasteiger charge is -2.34. The van der Waals surface area contributed by atoms with Crippen molar-refractivity contribution >= 4 is 27.8 Å². The van der Waals surface area contributed by atoms with E-state index in [2.05, 4.69) is 0 Å². The lowest BCUT2D eigenvalue weighted by atomic mass is 9.84. The topological polar surface area (TPSA) is 147 Å². The fraction of sp³-hybridized carbons (Fsp3) is 0.400. The van der Waals surface area contributed by atoms with E-state index in [1.54, 1.807) is 20.8 Å². The van der Waals surface area contributed by atoms with Crippen molar-refractivity contribution in [1.82, 2.24) is 9.21 Å². The molecule has 10 nitrogen and oxygen atoms in total. The molecular formula is C35H45N3O7S. The van der Waals surface area contributed by atoms with E-state index in [4.69, 9.17) is 10.5 Å². The first kappa shape index (κ1) is 36.6. The summed E-state index contributed by atoms with van der Waals surface area (Å²) in [5.41, 5.74) is 8.67. The van der Waals surface area contributed by atoms with Crippen molar-refractivity contribution in [3.63, 3.8) is 0 Å². The van der Waals surface area contributed by atoms with E-state index in [0.717, 1.165) is 16.0 Å². The number of nitrogens with two attached hydrogens (primary N) is 1. The Hall–Kier alpha value is -3.90. The molecule has 0 aliphatic carbocycles. The monoisotopic (exact) mass is 651 g/mol. The highest BCUT2D eigenvalue weighted by atomic mass is 32.2. The van der Waals surface area contributed by atoms with Crippen molar-refractivity contribution in [3.8, 4) is 0 Å². The molecule has 248 valence electrons. The molecule has 2 amide bonds. The zero-order valence-electron chi connectivity index (χ0n) is 27.1. The van der Waals surface area contributed by atoms with Gasteiger partial charge < -0.3 is 15.6 Å². The summed E-state index contributed by atoms with van der Waals surface area (Å²) in [6.45, 7) is 6.13. The molecule has 0 saturated carbocycles. The summed E-state index contributed by atoms with van der Waals surface area (Å²) in [6, 6.07) is 21.5. The van der Waals surface area contributed by atoms with E-state index in [9.17, 15) is 27.9 Å². The van der Waals surface area contributed by atoms with Crippen LogP contribution in [0.25, 0.3) is 0 Å². The fourth-order valence-corrected chi connectivity index (χ4v) is 7.62. The average Bonchev–Trinajstić information content (AvgIpc) is 3.04. The van der Waals surface area contributed by atoms with Crippen LogP contribution in [0.3, 0.4) is 0 Å². The third kappa shape index (κ3) is 8.67. The van der Waals surface area contributed by atoms with E-state index in [1.165, 1.54) is 42.6 Å². The Morgan fingerprint density at radius 3 is 1.80 bits per heavy atom. The summed E-state index contributed by atoms with van der Waals surface area (Å²) in [4.78, 5) is 39.6. The number of aliphatic hydroxyl groups is 1. The number of Topliss-reactive ketones (excluding diaryl/α,β-unsaturated/α-hetero) is 1. The number of aliphatic hydroxyl groups excluding tert-OH is 1. The first-order valence-electron chi connectivity index (χ1n) is 15.4. The van der Waals surface area contributed by atoms with Crippen LogP contribution < -0.4 is 5.73 Å². The molecule has 3 aromatic rings. The van der Waals surface area contributed by atoms with Crippen LogP contribution in [-0.4, -0.2) is 78.4 Å². The zero-order valence-corrected chi connectivity index (χ0v) is 27.9. The van der Waals surface area contributed by atoms with Gasteiger partial charge in [-0.1, -0.05) is 72.8 Å². The van der Waals surface area contributed by atoms with E-state index in [1.807, 2.05) is 60.7 Å². The van der Waals surface area contributed by atoms with Crippen LogP contribution in [0.2, 0.25) is 0 Å². The zero-order chi connectivity index (χ0) is 34.0. The third-order valence-electron chi connectivity index (χ3n) is 8.09. The van der Waals surface area contributed by atoms with Gasteiger partial charge in [0.15, 0.2) is 5.78 Å². The van der Waals surface area contributed by atoms with E-state index in [-0.39, 0.29) is 17.1 Å². The second-order valence-electron chi connectivity index (χ2n) is 11.6. The number of carbonyl (C=O) groups excluding carboxylic acids is 3. The molecule has 0 fully saturated rings. The number of benzene rings is 3. The van der Waals surface area contributed by atoms with Crippen molar-refractivity contribution in [3.05, 3.63) is 102 Å². The molecule has 0 aliphatic rings. The minimum absolute atomic E-state index is 0.0147. The number of carbonyl (C=O) groups is 3. The first-order valence-corrected chi connectivity index (χ1v) is 16.8. The van der Waals surface area contributed by atoms with Gasteiger partial charge in [-0.3, -0.25) is 9.59 Å². The van der Waals surface area contributed by atoms with Crippen molar-refractivity contribution in [2.75, 3.05) is 13.7 Å². The lowest BCUT2D eigenvalue weighted by molar-refractivity contribution is -0.132. The maximum Gasteiger partial charge on any atom is 0.416 e. The molecule has 0 spiro atoms. The number of amides is 2. The van der Waals surface area contributed by atoms with Gasteiger partial charge in [0.2, 0.25) is 15.9 Å². The second-order valence-corrected chi connectivity index (χ2v) is 13.5. The van der Waals surface area contributed by atoms with E-state index in [0.29, 0.717) is 18.4 Å². The third-order valence-corrected chi connectivity index (χ3v) is 10.2. The maximum atomic E-state index is 13.9. The number of hydrogen-bond acceptors (Lipinski definition) is 8. The number of ketones is 1. The Balaban J connectivity index is 1.80. The number of sulfonamides is 1. The van der Waals surface area contributed by atoms with Gasteiger partial charge >= 0.3 is 6.09 Å². The second kappa shape index (κ2) is 16.6. The molecule has 0 aromatic heterocycles. The number of nitrogens with zero attached hydrogens (tertiary/aromatic N) is 2. The molecule has 0 heterocycles. The minimum Gasteiger partial charge on any atom is -0.452 e. The largest absolute Gasteiger partial charge is 0.452 e. The van der Waals surface area contributed by atoms with Crippen LogP contribution in [0.4, 0.5) is 4.79 Å². The van der Waals surface area contributed by atoms with Gasteiger partial charge in [-0.15, -0.1) is 0 Å². The van der Waals surface area contributed by atoms with Gasteiger partial charge in [-0.25, -0.2) is 18.1 Å². The Kier molecular flexibility index (Phi) is 13.2. The fourth-order valence-electron chi connectivity index (χ4n) is 5.77. The molecule has 46 heavy (non-hydrogen) atoms. The lowest BCUT2D eigenvalue weighted by Crippen LogP contribution is -2.53. The molecule has 3 rings (SSSR count). The predicted molar refractivity (Wildman–Crippen MR) is 177 cm³/mol. The van der Waals surface area contributed by atoms with Crippen molar-refractivity contribution in [2.24, 2.45) is 5.73 Å². The Labute approximate surface area is 272 Å². The number of imide groups is 1. The highest BCUT2D eigenvalue weighted by molar-refractivity contribution is 7.89. The molecule has 3 N–H and O–H groups in total. The van der Waals surface area contributed by atoms with Crippen LogP contribution in [0.1, 0.15) is 74.4 Å². The maximum absolute atomic E-state index is 13.9. The van der Waals surface area contributed by atoms with Crippen molar-refractivity contribution in [1.29, 1.82) is 0 Å². The smallest absolute Gasteiger partial charge is 0.416 e. The van der Waals surface area contributed by atoms with Gasteiger partial charge in [0.05, 0.1) is 24.7 Å². The summed E-state index contributed by atoms with van der Waals surface area (Å²) in [6.07, 6.45) is 0.109. The van der Waals surface area contributed by atoms with Crippen LogP contribution in [-0.2, 0) is 19.6 Å². The molecule has 0 bridgehead atoms. The number of ether oxygens (including phenoxy) is 1. The van der Waals surface area contributed by atoms with Gasteiger partial charge in [-0.05, 0) is 70.2 Å². The standard InChI is InChI=1S/C35H45N3O7S/c1-24(2)38(46(43,44)31-21-19-27(20-22-31)26(4)40)30(23-39)18-12-13-25(3)37(35(42)45-5)34(41)33(36)32(28-14-8-6-9-15-28)29-16-10-7-11-17-29/h6-11,14-17,19-22,24-25,30,32-33,39H,12-13,18,23,36H2,1-5H3/t25-,30-,33-/m0/s1. The summed E-state index contributed by atoms with van der Waals surface area (Å²) >= 11 is 0. The normalized spacial score (nSPS) is 13.8. The minimum atomic E-state index is -4.02. The molecule has 11 heteroatoms. The molecule has 3 aromatic carbocycles. The van der Waals surface area contributed by atoms with Gasteiger partial charge in [0.1, 0.15) is 0 Å². The highest BCUT2D eigenvalue weighted by Gasteiger charge is 2.37. The highest BCUT2D eigenvalue weighted by Crippen LogP contribution is 2.30. The Morgan fingerprint density at radius 2 is 1.37 bits per heavy atom. The number of hydrogen-bond donors (Lipinski definition) is 2. The van der Waals surface area contributed by atoms with Crippen LogP contribution in [0.15, 0.2) is 89.8 Å². The predicted octanol–water partition coefficient (Wildman–Crippen LogP) is 4.96. The average molecular weight is 652 g/mol. The van der Waals surface area contributed by atoms with Crippen molar-refractivity contribution in [2.45, 2.75) is 81.9 Å². The van der Waals surface area contributed by atoms with Crippen LogP contribution >= 0.6 is 0 Å². The number of methoxy groups -OCH3 is 1. The van der Waals surface area contributed by atoms with E-state index < -0.39 is 58.7 Å². The van der Waals surface area contributed by atoms with Crippen LogP contribution in [0.5, 0.6) is 0 Å². The summed E-state index contributed by atoms with van der Waals surface area (Å²) in [5.74, 6) is -1.30. The van der Waals surface area contributed by atoms with E-state index >= 15 is 0 Å². The quantitative estimate of drug-likeness (QED) is 0.219. The number of rotatable bonds is 15. The summed E-state index contributed by atoms with van der Waals surface area (Å²) in [7, 11) is -2.82. The summed E-state index contributed by atoms with van der Waals surface area (Å²) < 4.78 is 33.6. The molecule has 0 aliphatic heterocycles. The SMILES string of the molecule is COC(=O)N(C(=O)[C@@H](N)C(c1ccccc1)c1ccccc1)[C@@H](C)CCC[C@@H](CO)N(C(C)C)S(=O)(=O)c1ccc(C(C)=O)cc1. The van der Waals surface area contributed by atoms with Gasteiger partial charge in [0, 0.05) is 29.6 Å². The summed E-state index contributed by atoms with van der Waals surface area (Å²) in [5, 5.41) is 10.3. The molecule has 0 unspecified atom stereocenters. The Bertz CT molecular complexity index is 1510.